The maximum Gasteiger partial charge on any atom is 0.174 e. The van der Waals surface area contributed by atoms with Crippen LogP contribution in [0.15, 0.2) is 24.3 Å². The van der Waals surface area contributed by atoms with Crippen LogP contribution >= 0.6 is 0 Å². The molecule has 0 fully saturated rings. The van der Waals surface area contributed by atoms with E-state index in [2.05, 4.69) is 19.2 Å². The van der Waals surface area contributed by atoms with Crippen LogP contribution in [0.3, 0.4) is 0 Å². The van der Waals surface area contributed by atoms with Crippen LogP contribution in [0.1, 0.15) is 32.3 Å². The summed E-state index contributed by atoms with van der Waals surface area (Å²) in [6.07, 6.45) is 2.40. The number of nitrogens with one attached hydrogen (secondary N) is 1. The van der Waals surface area contributed by atoms with Crippen molar-refractivity contribution in [1.29, 1.82) is 5.26 Å². The molecule has 0 spiro atoms. The molecule has 1 aromatic carbocycles. The molecule has 0 saturated carbocycles. The van der Waals surface area contributed by atoms with Crippen molar-refractivity contribution in [2.24, 2.45) is 0 Å². The van der Waals surface area contributed by atoms with Crippen molar-refractivity contribution >= 4 is 0 Å². The van der Waals surface area contributed by atoms with E-state index in [9.17, 15) is 0 Å². The highest BCUT2D eigenvalue weighted by Gasteiger charge is 2.00. The molecule has 0 aromatic heterocycles. The third-order valence-electron chi connectivity index (χ3n) is 2.60. The molecule has 1 N–H and O–H groups in total. The van der Waals surface area contributed by atoms with Gasteiger partial charge in [0.05, 0.1) is 0 Å². The van der Waals surface area contributed by atoms with Crippen LogP contribution in [-0.4, -0.2) is 12.6 Å². The highest BCUT2D eigenvalue weighted by Crippen LogP contribution is 2.12. The molecule has 0 amide bonds. The average molecular weight is 232 g/mol. The van der Waals surface area contributed by atoms with Gasteiger partial charge < -0.3 is 10.1 Å². The molecule has 1 unspecified atom stereocenters. The number of hydrogen-bond acceptors (Lipinski definition) is 3. The highest BCUT2D eigenvalue weighted by atomic mass is 16.5. The van der Waals surface area contributed by atoms with Crippen molar-refractivity contribution in [3.63, 3.8) is 0 Å². The van der Waals surface area contributed by atoms with Gasteiger partial charge in [0.25, 0.3) is 0 Å². The van der Waals surface area contributed by atoms with Gasteiger partial charge in [0, 0.05) is 12.6 Å². The van der Waals surface area contributed by atoms with Gasteiger partial charge in [0.2, 0.25) is 0 Å². The van der Waals surface area contributed by atoms with E-state index in [1.54, 1.807) is 0 Å². The van der Waals surface area contributed by atoms with Gasteiger partial charge in [0.1, 0.15) is 11.8 Å². The topological polar surface area (TPSA) is 45.0 Å². The quantitative estimate of drug-likeness (QED) is 0.786. The first-order chi connectivity index (χ1) is 8.26. The zero-order valence-electron chi connectivity index (χ0n) is 10.6. The predicted octanol–water partition coefficient (Wildman–Crippen LogP) is 2.87. The summed E-state index contributed by atoms with van der Waals surface area (Å²) >= 11 is 0. The highest BCUT2D eigenvalue weighted by molar-refractivity contribution is 5.27. The summed E-state index contributed by atoms with van der Waals surface area (Å²) in [5.41, 5.74) is 1.23. The van der Waals surface area contributed by atoms with Crippen LogP contribution in [0.25, 0.3) is 0 Å². The minimum absolute atomic E-state index is 0.102. The first-order valence-corrected chi connectivity index (χ1v) is 6.08. The fourth-order valence-electron chi connectivity index (χ4n) is 1.65. The molecule has 0 saturated heterocycles. The first kappa shape index (κ1) is 13.5. The molecular weight excluding hydrogens is 212 g/mol. The number of nitriles is 1. The Hall–Kier alpha value is -1.53. The first-order valence-electron chi connectivity index (χ1n) is 6.08. The standard InChI is InChI=1S/C14H20N2O/c1-3-4-12(2)16-11-13-5-7-14(8-6-13)17-10-9-15/h5-8,12,16H,3-4,10-11H2,1-2H3. The summed E-state index contributed by atoms with van der Waals surface area (Å²) in [6.45, 7) is 5.37. The number of rotatable bonds is 7. The zero-order chi connectivity index (χ0) is 12.5. The normalized spacial score (nSPS) is 11.8. The number of nitrogens with zero attached hydrogens (tertiary/aromatic N) is 1. The van der Waals surface area contributed by atoms with E-state index in [0.717, 1.165) is 12.3 Å². The largest absolute Gasteiger partial charge is 0.479 e. The monoisotopic (exact) mass is 232 g/mol. The molecule has 3 nitrogen and oxygen atoms in total. The van der Waals surface area contributed by atoms with Crippen molar-refractivity contribution in [1.82, 2.24) is 5.32 Å². The van der Waals surface area contributed by atoms with E-state index in [0.29, 0.717) is 6.04 Å². The lowest BCUT2D eigenvalue weighted by Gasteiger charge is -2.12. The van der Waals surface area contributed by atoms with Crippen LogP contribution < -0.4 is 10.1 Å². The molecule has 0 aliphatic heterocycles. The molecule has 1 aromatic rings. The van der Waals surface area contributed by atoms with Crippen LogP contribution in [0.5, 0.6) is 5.75 Å². The summed E-state index contributed by atoms with van der Waals surface area (Å²) in [5.74, 6) is 0.747. The van der Waals surface area contributed by atoms with Crippen molar-refractivity contribution in [3.05, 3.63) is 29.8 Å². The van der Waals surface area contributed by atoms with E-state index in [1.807, 2.05) is 30.3 Å². The smallest absolute Gasteiger partial charge is 0.174 e. The number of benzene rings is 1. The van der Waals surface area contributed by atoms with Gasteiger partial charge in [-0.3, -0.25) is 0 Å². The summed E-state index contributed by atoms with van der Waals surface area (Å²) < 4.78 is 5.19. The molecule has 0 aliphatic carbocycles. The molecule has 0 radical (unpaired) electrons. The van der Waals surface area contributed by atoms with Gasteiger partial charge in [-0.15, -0.1) is 0 Å². The number of hydrogen-bond donors (Lipinski definition) is 1. The van der Waals surface area contributed by atoms with Crippen molar-refractivity contribution < 1.29 is 4.74 Å². The van der Waals surface area contributed by atoms with Crippen molar-refractivity contribution in [2.45, 2.75) is 39.3 Å². The Morgan fingerprint density at radius 2 is 2.06 bits per heavy atom. The van der Waals surface area contributed by atoms with E-state index < -0.39 is 0 Å². The Bertz CT molecular complexity index is 353. The predicted molar refractivity (Wildman–Crippen MR) is 68.8 cm³/mol. The third kappa shape index (κ3) is 5.37. The second-order valence-electron chi connectivity index (χ2n) is 4.16. The SMILES string of the molecule is CCCC(C)NCc1ccc(OCC#N)cc1. The Kier molecular flexibility index (Phi) is 6.13. The Morgan fingerprint density at radius 3 is 2.65 bits per heavy atom. The Labute approximate surface area is 103 Å². The van der Waals surface area contributed by atoms with E-state index in [-0.39, 0.29) is 6.61 Å². The number of ether oxygens (including phenoxy) is 1. The fraction of sp³-hybridized carbons (Fsp3) is 0.500. The van der Waals surface area contributed by atoms with E-state index >= 15 is 0 Å². The lowest BCUT2D eigenvalue weighted by atomic mass is 10.1. The maximum atomic E-state index is 8.39. The molecule has 0 heterocycles. The second-order valence-corrected chi connectivity index (χ2v) is 4.16. The van der Waals surface area contributed by atoms with Crippen LogP contribution in [0, 0.1) is 11.3 Å². The summed E-state index contributed by atoms with van der Waals surface area (Å²) in [7, 11) is 0. The molecule has 3 heteroatoms. The Balaban J connectivity index is 2.37. The maximum absolute atomic E-state index is 8.39. The van der Waals surface area contributed by atoms with Crippen molar-refractivity contribution in [2.75, 3.05) is 6.61 Å². The molecule has 1 atom stereocenters. The van der Waals surface area contributed by atoms with Gasteiger partial charge >= 0.3 is 0 Å². The molecule has 0 aliphatic rings. The van der Waals surface area contributed by atoms with Crippen molar-refractivity contribution in [3.8, 4) is 11.8 Å². The zero-order valence-corrected chi connectivity index (χ0v) is 10.6. The molecule has 17 heavy (non-hydrogen) atoms. The van der Waals surface area contributed by atoms with Crippen LogP contribution in [0.4, 0.5) is 0 Å². The lowest BCUT2D eigenvalue weighted by Crippen LogP contribution is -2.24. The van der Waals surface area contributed by atoms with Crippen LogP contribution in [0.2, 0.25) is 0 Å². The molecular formula is C14H20N2O. The average Bonchev–Trinajstić information content (AvgIpc) is 2.35. The minimum atomic E-state index is 0.102. The van der Waals surface area contributed by atoms with E-state index in [4.69, 9.17) is 10.00 Å². The lowest BCUT2D eigenvalue weighted by molar-refractivity contribution is 0.368. The summed E-state index contributed by atoms with van der Waals surface area (Å²) in [4.78, 5) is 0. The minimum Gasteiger partial charge on any atom is -0.479 e. The molecule has 1 rings (SSSR count). The summed E-state index contributed by atoms with van der Waals surface area (Å²) in [5, 5.41) is 11.9. The van der Waals surface area contributed by atoms with E-state index in [1.165, 1.54) is 18.4 Å². The van der Waals surface area contributed by atoms with Gasteiger partial charge in [-0.1, -0.05) is 25.5 Å². The van der Waals surface area contributed by atoms with Gasteiger partial charge in [-0.25, -0.2) is 0 Å². The van der Waals surface area contributed by atoms with Crippen LogP contribution in [-0.2, 0) is 6.54 Å². The molecule has 92 valence electrons. The van der Waals surface area contributed by atoms with Gasteiger partial charge in [0.15, 0.2) is 6.61 Å². The Morgan fingerprint density at radius 1 is 1.35 bits per heavy atom. The molecule has 0 bridgehead atoms. The summed E-state index contributed by atoms with van der Waals surface area (Å²) in [6, 6.07) is 10.4. The third-order valence-corrected chi connectivity index (χ3v) is 2.60. The van der Waals surface area contributed by atoms with Gasteiger partial charge in [-0.2, -0.15) is 5.26 Å². The fourth-order valence-corrected chi connectivity index (χ4v) is 1.65. The second kappa shape index (κ2) is 7.70. The van der Waals surface area contributed by atoms with Gasteiger partial charge in [-0.05, 0) is 31.0 Å².